The van der Waals surface area contributed by atoms with E-state index in [1.165, 1.54) is 11.0 Å². The number of nitrogens with zero attached hydrogens (tertiary/aromatic N) is 2. The number of amides is 2. The largest absolute Gasteiger partial charge is 0.366 e. The van der Waals surface area contributed by atoms with Crippen molar-refractivity contribution < 1.29 is 9.59 Å². The Balaban J connectivity index is 2.09. The quantitative estimate of drug-likeness (QED) is 0.650. The summed E-state index contributed by atoms with van der Waals surface area (Å²) in [5.74, 6) is 1.80. The molecular formula is C20H19N3O2. The van der Waals surface area contributed by atoms with E-state index in [0.717, 1.165) is 17.0 Å². The van der Waals surface area contributed by atoms with Gasteiger partial charge in [0.15, 0.2) is 0 Å². The Hall–Kier alpha value is -3.39. The van der Waals surface area contributed by atoms with E-state index in [1.54, 1.807) is 30.3 Å². The molecule has 0 fully saturated rings. The number of nitrogens with two attached hydrogens (primary N) is 1. The maximum absolute atomic E-state index is 12.4. The van der Waals surface area contributed by atoms with Crippen LogP contribution in [0.2, 0.25) is 0 Å². The zero-order chi connectivity index (χ0) is 18.2. The molecule has 1 aromatic carbocycles. The molecule has 2 amide bonds. The third kappa shape index (κ3) is 5.33. The molecule has 1 aromatic heterocycles. The van der Waals surface area contributed by atoms with Gasteiger partial charge in [-0.3, -0.25) is 14.6 Å². The van der Waals surface area contributed by atoms with Gasteiger partial charge >= 0.3 is 0 Å². The van der Waals surface area contributed by atoms with Crippen LogP contribution in [0.15, 0.2) is 48.5 Å². The fourth-order valence-electron chi connectivity index (χ4n) is 2.24. The van der Waals surface area contributed by atoms with E-state index < -0.39 is 5.91 Å². The molecule has 1 heterocycles. The highest BCUT2D eigenvalue weighted by Crippen LogP contribution is 2.08. The lowest BCUT2D eigenvalue weighted by Gasteiger charge is -2.18. The van der Waals surface area contributed by atoms with Gasteiger partial charge in [0.1, 0.15) is 0 Å². The molecule has 0 radical (unpaired) electrons. The van der Waals surface area contributed by atoms with Crippen LogP contribution in [0.5, 0.6) is 0 Å². The van der Waals surface area contributed by atoms with Gasteiger partial charge in [0.25, 0.3) is 0 Å². The first-order chi connectivity index (χ1) is 12.0. The van der Waals surface area contributed by atoms with Crippen LogP contribution in [0.25, 0.3) is 6.08 Å². The number of carbonyl (C=O) groups excluding carboxylic acids is 2. The van der Waals surface area contributed by atoms with E-state index in [-0.39, 0.29) is 12.5 Å². The first-order valence-electron chi connectivity index (χ1n) is 7.72. The van der Waals surface area contributed by atoms with Crippen molar-refractivity contribution >= 4 is 17.9 Å². The summed E-state index contributed by atoms with van der Waals surface area (Å²) in [7, 11) is 0. The number of aromatic nitrogens is 1. The van der Waals surface area contributed by atoms with Crippen LogP contribution in [-0.4, -0.2) is 28.2 Å². The van der Waals surface area contributed by atoms with Crippen LogP contribution in [0.4, 0.5) is 0 Å². The predicted molar refractivity (Wildman–Crippen MR) is 97.2 cm³/mol. The molecule has 0 atom stereocenters. The first-order valence-corrected chi connectivity index (χ1v) is 7.72. The minimum atomic E-state index is -0.488. The fourth-order valence-corrected chi connectivity index (χ4v) is 2.24. The maximum Gasteiger partial charge on any atom is 0.248 e. The average Bonchev–Trinajstić information content (AvgIpc) is 2.59. The lowest BCUT2D eigenvalue weighted by molar-refractivity contribution is -0.126. The molecule has 0 bridgehead atoms. The molecule has 2 aromatic rings. The second kappa shape index (κ2) is 8.46. The van der Waals surface area contributed by atoms with E-state index in [4.69, 9.17) is 12.2 Å². The highest BCUT2D eigenvalue weighted by molar-refractivity contribution is 5.94. The Kier molecular flexibility index (Phi) is 6.08. The van der Waals surface area contributed by atoms with E-state index >= 15 is 0 Å². The minimum Gasteiger partial charge on any atom is -0.366 e. The second-order valence-electron chi connectivity index (χ2n) is 5.49. The van der Waals surface area contributed by atoms with Crippen molar-refractivity contribution in [2.45, 2.75) is 13.5 Å². The highest BCUT2D eigenvalue weighted by Gasteiger charge is 2.11. The Bertz CT molecular complexity index is 833. The number of carbonyl (C=O) groups is 2. The van der Waals surface area contributed by atoms with Crippen molar-refractivity contribution in [3.05, 3.63) is 71.1 Å². The molecule has 5 nitrogen and oxygen atoms in total. The third-order valence-electron chi connectivity index (χ3n) is 3.51. The van der Waals surface area contributed by atoms with Crippen molar-refractivity contribution in [2.75, 3.05) is 6.54 Å². The van der Waals surface area contributed by atoms with Gasteiger partial charge in [0, 0.05) is 17.3 Å². The highest BCUT2D eigenvalue weighted by atomic mass is 16.2. The van der Waals surface area contributed by atoms with E-state index in [9.17, 15) is 9.59 Å². The number of benzene rings is 1. The maximum atomic E-state index is 12.4. The van der Waals surface area contributed by atoms with Gasteiger partial charge in [-0.05, 0) is 42.8 Å². The van der Waals surface area contributed by atoms with Gasteiger partial charge in [-0.25, -0.2) is 0 Å². The molecule has 0 spiro atoms. The summed E-state index contributed by atoms with van der Waals surface area (Å²) in [6.07, 6.45) is 8.49. The molecule has 0 aliphatic heterocycles. The lowest BCUT2D eigenvalue weighted by Crippen LogP contribution is -2.29. The summed E-state index contributed by atoms with van der Waals surface area (Å²) in [4.78, 5) is 29.4. The van der Waals surface area contributed by atoms with Gasteiger partial charge < -0.3 is 10.6 Å². The topological polar surface area (TPSA) is 76.3 Å². The van der Waals surface area contributed by atoms with Crippen molar-refractivity contribution in [3.63, 3.8) is 0 Å². The number of hydrogen-bond acceptors (Lipinski definition) is 3. The molecular weight excluding hydrogens is 314 g/mol. The Morgan fingerprint density at radius 2 is 1.96 bits per heavy atom. The molecule has 2 N–H and O–H groups in total. The molecule has 0 saturated carbocycles. The van der Waals surface area contributed by atoms with Gasteiger partial charge in [0.2, 0.25) is 11.8 Å². The number of hydrogen-bond donors (Lipinski definition) is 1. The molecule has 0 unspecified atom stereocenters. The Morgan fingerprint density at radius 3 is 2.56 bits per heavy atom. The molecule has 0 saturated heterocycles. The molecule has 0 aliphatic rings. The van der Waals surface area contributed by atoms with Crippen LogP contribution in [-0.2, 0) is 11.3 Å². The first kappa shape index (κ1) is 18.0. The van der Waals surface area contributed by atoms with Gasteiger partial charge in [-0.1, -0.05) is 24.1 Å². The van der Waals surface area contributed by atoms with Crippen LogP contribution < -0.4 is 5.73 Å². The Morgan fingerprint density at radius 1 is 1.24 bits per heavy atom. The lowest BCUT2D eigenvalue weighted by atomic mass is 10.1. The fraction of sp³-hybridized carbons (Fsp3) is 0.150. The number of pyridine rings is 1. The predicted octanol–water partition coefficient (Wildman–Crippen LogP) is 2.16. The number of aryl methyl sites for hydroxylation is 1. The van der Waals surface area contributed by atoms with Crippen molar-refractivity contribution in [3.8, 4) is 12.3 Å². The van der Waals surface area contributed by atoms with Gasteiger partial charge in [0.05, 0.1) is 18.8 Å². The van der Waals surface area contributed by atoms with Crippen molar-refractivity contribution in [2.24, 2.45) is 5.73 Å². The van der Waals surface area contributed by atoms with E-state index in [2.05, 4.69) is 10.9 Å². The minimum absolute atomic E-state index is 0.194. The van der Waals surface area contributed by atoms with E-state index in [1.807, 2.05) is 25.1 Å². The van der Waals surface area contributed by atoms with Crippen LogP contribution in [0, 0.1) is 19.3 Å². The zero-order valence-corrected chi connectivity index (χ0v) is 14.0. The normalized spacial score (nSPS) is 10.4. The van der Waals surface area contributed by atoms with Crippen LogP contribution in [0.3, 0.4) is 0 Å². The summed E-state index contributed by atoms with van der Waals surface area (Å²) < 4.78 is 0. The van der Waals surface area contributed by atoms with Crippen LogP contribution >= 0.6 is 0 Å². The second-order valence-corrected chi connectivity index (χ2v) is 5.49. The van der Waals surface area contributed by atoms with Crippen molar-refractivity contribution in [1.82, 2.24) is 9.88 Å². The third-order valence-corrected chi connectivity index (χ3v) is 3.51. The van der Waals surface area contributed by atoms with Gasteiger partial charge in [-0.2, -0.15) is 0 Å². The SMILES string of the molecule is C#CCN(Cc1cccc(C)n1)C(=O)/C=C/c1ccc(C(N)=O)cc1. The summed E-state index contributed by atoms with van der Waals surface area (Å²) in [6.45, 7) is 2.43. The molecule has 25 heavy (non-hydrogen) atoms. The van der Waals surface area contributed by atoms with Gasteiger partial charge in [-0.15, -0.1) is 6.42 Å². The zero-order valence-electron chi connectivity index (χ0n) is 14.0. The molecule has 126 valence electrons. The molecule has 5 heteroatoms. The smallest absolute Gasteiger partial charge is 0.248 e. The number of primary amides is 1. The summed E-state index contributed by atoms with van der Waals surface area (Å²) in [5, 5.41) is 0. The summed E-state index contributed by atoms with van der Waals surface area (Å²) >= 11 is 0. The summed E-state index contributed by atoms with van der Waals surface area (Å²) in [5.41, 5.74) is 8.07. The standard InChI is InChI=1S/C20H19N3O2/c1-3-13-23(14-18-6-4-5-15(2)22-18)19(24)12-9-16-7-10-17(11-8-16)20(21)25/h1,4-12H,13-14H2,2H3,(H2,21,25)/b12-9+. The molecule has 0 aliphatic carbocycles. The van der Waals surface area contributed by atoms with Crippen molar-refractivity contribution in [1.29, 1.82) is 0 Å². The molecule has 2 rings (SSSR count). The Labute approximate surface area is 147 Å². The number of rotatable bonds is 6. The monoisotopic (exact) mass is 333 g/mol. The van der Waals surface area contributed by atoms with Crippen LogP contribution in [0.1, 0.15) is 27.3 Å². The number of terminal acetylenes is 1. The summed E-state index contributed by atoms with van der Waals surface area (Å²) in [6, 6.07) is 12.3. The van der Waals surface area contributed by atoms with E-state index in [0.29, 0.717) is 12.1 Å². The average molecular weight is 333 g/mol.